The van der Waals surface area contributed by atoms with Crippen LogP contribution in [-0.2, 0) is 6.54 Å². The Labute approximate surface area is 75.7 Å². The van der Waals surface area contributed by atoms with E-state index in [1.165, 1.54) is 0 Å². The molecule has 1 atom stereocenters. The van der Waals surface area contributed by atoms with Gasteiger partial charge in [-0.2, -0.15) is 11.8 Å². The summed E-state index contributed by atoms with van der Waals surface area (Å²) in [5.41, 5.74) is 5.66. The lowest BCUT2D eigenvalue weighted by molar-refractivity contribution is 0.575. The first-order valence-electron chi connectivity index (χ1n) is 3.76. The highest BCUT2D eigenvalue weighted by atomic mass is 32.2. The Morgan fingerprint density at radius 2 is 2.42 bits per heavy atom. The molecule has 12 heavy (non-hydrogen) atoms. The summed E-state index contributed by atoms with van der Waals surface area (Å²) in [7, 11) is 0. The molecular weight excluding hydrogens is 174 g/mol. The number of thioether (sulfide) groups is 1. The monoisotopic (exact) mass is 187 g/mol. The smallest absolute Gasteiger partial charge is 0.167 e. The molecule has 1 aromatic rings. The van der Waals surface area contributed by atoms with Gasteiger partial charge in [0.15, 0.2) is 5.82 Å². The molecule has 0 aliphatic carbocycles. The van der Waals surface area contributed by atoms with Gasteiger partial charge in [-0.25, -0.2) is 4.68 Å². The Bertz CT molecular complexity index is 234. The Morgan fingerprint density at radius 1 is 1.67 bits per heavy atom. The van der Waals surface area contributed by atoms with Crippen LogP contribution in [0.25, 0.3) is 0 Å². The molecule has 0 saturated heterocycles. The summed E-state index contributed by atoms with van der Waals surface area (Å²) in [6, 6.07) is -0.0955. The molecule has 0 saturated carbocycles. The zero-order chi connectivity index (χ0) is 8.97. The highest BCUT2D eigenvalue weighted by Gasteiger charge is 2.08. The molecule has 6 heteroatoms. The second kappa shape index (κ2) is 4.42. The molecule has 1 rings (SSSR count). The lowest BCUT2D eigenvalue weighted by atomic mass is 10.3. The first kappa shape index (κ1) is 9.47. The van der Waals surface area contributed by atoms with Gasteiger partial charge in [-0.15, -0.1) is 5.10 Å². The molecule has 5 nitrogen and oxygen atoms in total. The predicted octanol–water partition coefficient (Wildman–Crippen LogP) is 0.0558. The fraction of sp³-hybridized carbons (Fsp3) is 0.833. The van der Waals surface area contributed by atoms with Crippen molar-refractivity contribution < 1.29 is 0 Å². The maximum absolute atomic E-state index is 5.66. The third-order valence-electron chi connectivity index (χ3n) is 1.47. The van der Waals surface area contributed by atoms with Crippen molar-refractivity contribution in [3.05, 3.63) is 5.82 Å². The molecule has 0 amide bonds. The molecular formula is C6H13N5S. The predicted molar refractivity (Wildman–Crippen MR) is 48.8 cm³/mol. The highest BCUT2D eigenvalue weighted by molar-refractivity contribution is 7.98. The fourth-order valence-corrected chi connectivity index (χ4v) is 1.23. The van der Waals surface area contributed by atoms with Crippen molar-refractivity contribution in [3.63, 3.8) is 0 Å². The number of rotatable bonds is 4. The van der Waals surface area contributed by atoms with Gasteiger partial charge in [0.1, 0.15) is 0 Å². The van der Waals surface area contributed by atoms with Crippen LogP contribution in [0.3, 0.4) is 0 Å². The quantitative estimate of drug-likeness (QED) is 0.721. The summed E-state index contributed by atoms with van der Waals surface area (Å²) in [5, 5.41) is 11.2. The number of nitrogens with zero attached hydrogens (tertiary/aromatic N) is 4. The number of hydrogen-bond acceptors (Lipinski definition) is 5. The van der Waals surface area contributed by atoms with E-state index >= 15 is 0 Å². The molecule has 0 radical (unpaired) electrons. The normalized spacial score (nSPS) is 13.2. The third kappa shape index (κ3) is 2.18. The molecule has 68 valence electrons. The summed E-state index contributed by atoms with van der Waals surface area (Å²) < 4.78 is 1.75. The summed E-state index contributed by atoms with van der Waals surface area (Å²) in [5.74, 6) is 1.76. The SMILES string of the molecule is CSCCn1nnnc1C(C)N. The fourth-order valence-electron chi connectivity index (χ4n) is 0.875. The maximum atomic E-state index is 5.66. The van der Waals surface area contributed by atoms with Gasteiger partial charge >= 0.3 is 0 Å². The Balaban J connectivity index is 2.64. The minimum Gasteiger partial charge on any atom is -0.322 e. The van der Waals surface area contributed by atoms with Crippen LogP contribution < -0.4 is 5.73 Å². The van der Waals surface area contributed by atoms with Crippen LogP contribution in [0.15, 0.2) is 0 Å². The second-order valence-corrected chi connectivity index (χ2v) is 3.53. The summed E-state index contributed by atoms with van der Waals surface area (Å²) in [4.78, 5) is 0. The van der Waals surface area contributed by atoms with Crippen molar-refractivity contribution in [2.24, 2.45) is 5.73 Å². The number of tetrazole rings is 1. The van der Waals surface area contributed by atoms with E-state index in [0.717, 1.165) is 18.1 Å². The first-order chi connectivity index (χ1) is 5.75. The van der Waals surface area contributed by atoms with Gasteiger partial charge in [0.25, 0.3) is 0 Å². The van der Waals surface area contributed by atoms with Crippen molar-refractivity contribution >= 4 is 11.8 Å². The van der Waals surface area contributed by atoms with Crippen LogP contribution in [0.4, 0.5) is 0 Å². The number of aryl methyl sites for hydroxylation is 1. The third-order valence-corrected chi connectivity index (χ3v) is 2.06. The van der Waals surface area contributed by atoms with Crippen LogP contribution in [0, 0.1) is 0 Å². The number of aromatic nitrogens is 4. The standard InChI is InChI=1S/C6H13N5S/c1-5(7)6-8-9-10-11(6)3-4-12-2/h5H,3-4,7H2,1-2H3. The van der Waals surface area contributed by atoms with E-state index in [4.69, 9.17) is 5.73 Å². The Kier molecular flexibility index (Phi) is 3.48. The lowest BCUT2D eigenvalue weighted by Gasteiger charge is -2.04. The molecule has 0 bridgehead atoms. The molecule has 0 aliphatic rings. The molecule has 2 N–H and O–H groups in total. The molecule has 1 aromatic heterocycles. The van der Waals surface area contributed by atoms with Gasteiger partial charge in [0.05, 0.1) is 12.6 Å². The number of hydrogen-bond donors (Lipinski definition) is 1. The van der Waals surface area contributed by atoms with E-state index in [0.29, 0.717) is 0 Å². The van der Waals surface area contributed by atoms with Crippen LogP contribution in [0.2, 0.25) is 0 Å². The zero-order valence-corrected chi connectivity index (χ0v) is 8.08. The topological polar surface area (TPSA) is 69.6 Å². The van der Waals surface area contributed by atoms with Gasteiger partial charge in [0.2, 0.25) is 0 Å². The molecule has 1 unspecified atom stereocenters. The van der Waals surface area contributed by atoms with E-state index in [-0.39, 0.29) is 6.04 Å². The van der Waals surface area contributed by atoms with Gasteiger partial charge < -0.3 is 5.73 Å². The van der Waals surface area contributed by atoms with Gasteiger partial charge in [-0.05, 0) is 23.6 Å². The van der Waals surface area contributed by atoms with E-state index in [1.807, 2.05) is 6.92 Å². The Hall–Kier alpha value is -0.620. The van der Waals surface area contributed by atoms with Crippen LogP contribution in [-0.4, -0.2) is 32.2 Å². The van der Waals surface area contributed by atoms with Gasteiger partial charge in [-0.1, -0.05) is 0 Å². The largest absolute Gasteiger partial charge is 0.322 e. The van der Waals surface area contributed by atoms with Crippen LogP contribution in [0.1, 0.15) is 18.8 Å². The number of nitrogens with two attached hydrogens (primary N) is 1. The van der Waals surface area contributed by atoms with E-state index in [1.54, 1.807) is 16.4 Å². The van der Waals surface area contributed by atoms with E-state index < -0.39 is 0 Å². The Morgan fingerprint density at radius 3 is 3.00 bits per heavy atom. The van der Waals surface area contributed by atoms with Crippen LogP contribution >= 0.6 is 11.8 Å². The summed E-state index contributed by atoms with van der Waals surface area (Å²) >= 11 is 1.76. The zero-order valence-electron chi connectivity index (χ0n) is 7.27. The molecule has 0 aromatic carbocycles. The molecule has 0 spiro atoms. The minimum atomic E-state index is -0.0955. The highest BCUT2D eigenvalue weighted by Crippen LogP contribution is 2.04. The average Bonchev–Trinajstić information content (AvgIpc) is 2.48. The lowest BCUT2D eigenvalue weighted by Crippen LogP contribution is -2.15. The van der Waals surface area contributed by atoms with Gasteiger partial charge in [0, 0.05) is 5.75 Å². The summed E-state index contributed by atoms with van der Waals surface area (Å²) in [6.45, 7) is 2.70. The molecule has 1 heterocycles. The van der Waals surface area contributed by atoms with E-state index in [9.17, 15) is 0 Å². The van der Waals surface area contributed by atoms with Gasteiger partial charge in [-0.3, -0.25) is 0 Å². The second-order valence-electron chi connectivity index (χ2n) is 2.54. The minimum absolute atomic E-state index is 0.0955. The maximum Gasteiger partial charge on any atom is 0.167 e. The van der Waals surface area contributed by atoms with Crippen molar-refractivity contribution in [2.75, 3.05) is 12.0 Å². The average molecular weight is 187 g/mol. The van der Waals surface area contributed by atoms with E-state index in [2.05, 4.69) is 21.8 Å². The van der Waals surface area contributed by atoms with Crippen molar-refractivity contribution in [1.29, 1.82) is 0 Å². The van der Waals surface area contributed by atoms with Crippen molar-refractivity contribution in [1.82, 2.24) is 20.2 Å². The van der Waals surface area contributed by atoms with Crippen molar-refractivity contribution in [3.8, 4) is 0 Å². The summed E-state index contributed by atoms with van der Waals surface area (Å²) in [6.07, 6.45) is 2.05. The van der Waals surface area contributed by atoms with Crippen LogP contribution in [0.5, 0.6) is 0 Å². The molecule has 0 aliphatic heterocycles. The molecule has 0 fully saturated rings. The van der Waals surface area contributed by atoms with Crippen molar-refractivity contribution in [2.45, 2.75) is 19.5 Å². The first-order valence-corrected chi connectivity index (χ1v) is 5.15.